The number of aromatic nitrogens is 1. The molecule has 0 aliphatic rings. The number of pyridine rings is 1. The van der Waals surface area contributed by atoms with Crippen molar-refractivity contribution in [3.05, 3.63) is 89.8 Å². The highest BCUT2D eigenvalue weighted by Gasteiger charge is 2.15. The Hall–Kier alpha value is -2.95. The molecule has 0 atom stereocenters. The third kappa shape index (κ3) is 6.02. The highest BCUT2D eigenvalue weighted by atomic mass is 32.2. The van der Waals surface area contributed by atoms with Gasteiger partial charge in [-0.05, 0) is 60.2 Å². The van der Waals surface area contributed by atoms with Crippen LogP contribution in [-0.4, -0.2) is 18.5 Å². The van der Waals surface area contributed by atoms with Gasteiger partial charge in [0, 0.05) is 42.8 Å². The van der Waals surface area contributed by atoms with Gasteiger partial charge < -0.3 is 10.6 Å². The second-order valence-electron chi connectivity index (χ2n) is 6.25. The maximum atomic E-state index is 13.7. The summed E-state index contributed by atoms with van der Waals surface area (Å²) in [7, 11) is -3.87. The van der Waals surface area contributed by atoms with E-state index in [4.69, 9.17) is 12.2 Å². The molecular weight excluding hydrogens is 430 g/mol. The largest absolute Gasteiger partial charge is 0.358 e. The van der Waals surface area contributed by atoms with Crippen molar-refractivity contribution in [1.82, 2.24) is 15.0 Å². The molecule has 0 aliphatic heterocycles. The Balaban J connectivity index is 1.56. The summed E-state index contributed by atoms with van der Waals surface area (Å²) in [5, 5.41) is 6.39. The standard InChI is InChI=1S/C20H18F2N4O2S2/c21-16-2-1-15(19(22)11-16)13-25-30(27,28)18-5-3-17(4-6-18)26-20(29)24-12-14-7-9-23-10-8-14/h1-11,25H,12-13H2,(H2,24,26,29). The van der Waals surface area contributed by atoms with Gasteiger partial charge in [-0.15, -0.1) is 0 Å². The summed E-state index contributed by atoms with van der Waals surface area (Å²) < 4.78 is 53.7. The lowest BCUT2D eigenvalue weighted by molar-refractivity contribution is 0.562. The monoisotopic (exact) mass is 448 g/mol. The molecule has 30 heavy (non-hydrogen) atoms. The van der Waals surface area contributed by atoms with E-state index in [9.17, 15) is 17.2 Å². The summed E-state index contributed by atoms with van der Waals surface area (Å²) >= 11 is 5.23. The Bertz CT molecular complexity index is 1130. The van der Waals surface area contributed by atoms with Gasteiger partial charge in [0.05, 0.1) is 4.90 Å². The van der Waals surface area contributed by atoms with Gasteiger partial charge >= 0.3 is 0 Å². The highest BCUT2D eigenvalue weighted by molar-refractivity contribution is 7.89. The van der Waals surface area contributed by atoms with Gasteiger partial charge in [0.1, 0.15) is 11.6 Å². The zero-order valence-electron chi connectivity index (χ0n) is 15.6. The van der Waals surface area contributed by atoms with Crippen molar-refractivity contribution >= 4 is 33.0 Å². The molecule has 0 fully saturated rings. The van der Waals surface area contributed by atoms with Crippen LogP contribution in [0.3, 0.4) is 0 Å². The molecule has 0 aliphatic carbocycles. The Morgan fingerprint density at radius 1 is 0.967 bits per heavy atom. The van der Waals surface area contributed by atoms with Gasteiger partial charge in [-0.2, -0.15) is 0 Å². The molecule has 0 saturated heterocycles. The van der Waals surface area contributed by atoms with Crippen LogP contribution in [-0.2, 0) is 23.1 Å². The Kier molecular flexibility index (Phi) is 7.03. The van der Waals surface area contributed by atoms with Crippen LogP contribution in [0.5, 0.6) is 0 Å². The van der Waals surface area contributed by atoms with Gasteiger partial charge in [-0.3, -0.25) is 4.98 Å². The number of rotatable bonds is 7. The molecule has 3 rings (SSSR count). The number of nitrogens with one attached hydrogen (secondary N) is 3. The van der Waals surface area contributed by atoms with E-state index in [0.29, 0.717) is 23.4 Å². The zero-order chi connectivity index (χ0) is 21.6. The summed E-state index contributed by atoms with van der Waals surface area (Å²) in [6.45, 7) is 0.224. The molecule has 6 nitrogen and oxygen atoms in total. The van der Waals surface area contributed by atoms with E-state index in [1.54, 1.807) is 24.5 Å². The third-order valence-corrected chi connectivity index (χ3v) is 5.76. The SMILES string of the molecule is O=S(=O)(NCc1ccc(F)cc1F)c1ccc(NC(=S)NCc2ccncc2)cc1. The van der Waals surface area contributed by atoms with Gasteiger partial charge in [0.2, 0.25) is 10.0 Å². The number of benzene rings is 2. The van der Waals surface area contributed by atoms with E-state index >= 15 is 0 Å². The first-order valence-corrected chi connectivity index (χ1v) is 10.7. The Labute approximate surface area is 178 Å². The van der Waals surface area contributed by atoms with E-state index in [-0.39, 0.29) is 17.0 Å². The third-order valence-electron chi connectivity index (χ3n) is 4.09. The maximum Gasteiger partial charge on any atom is 0.240 e. The minimum Gasteiger partial charge on any atom is -0.358 e. The fourth-order valence-electron chi connectivity index (χ4n) is 2.50. The first-order chi connectivity index (χ1) is 14.3. The fraction of sp³-hybridized carbons (Fsp3) is 0.100. The van der Waals surface area contributed by atoms with Gasteiger partial charge in [-0.1, -0.05) is 6.07 Å². The quantitative estimate of drug-likeness (QED) is 0.481. The average Bonchev–Trinajstić information content (AvgIpc) is 2.73. The Morgan fingerprint density at radius 3 is 2.33 bits per heavy atom. The van der Waals surface area contributed by atoms with Crippen molar-refractivity contribution < 1.29 is 17.2 Å². The number of sulfonamides is 1. The van der Waals surface area contributed by atoms with E-state index in [2.05, 4.69) is 20.3 Å². The van der Waals surface area contributed by atoms with Gasteiger partial charge in [-0.25, -0.2) is 21.9 Å². The van der Waals surface area contributed by atoms with Crippen molar-refractivity contribution in [1.29, 1.82) is 0 Å². The van der Waals surface area contributed by atoms with Crippen LogP contribution in [0.1, 0.15) is 11.1 Å². The number of halogens is 2. The molecule has 0 radical (unpaired) electrons. The lowest BCUT2D eigenvalue weighted by atomic mass is 10.2. The van der Waals surface area contributed by atoms with Crippen LogP contribution in [0.4, 0.5) is 14.5 Å². The van der Waals surface area contributed by atoms with Crippen LogP contribution < -0.4 is 15.4 Å². The van der Waals surface area contributed by atoms with Crippen molar-refractivity contribution in [3.8, 4) is 0 Å². The molecule has 0 bridgehead atoms. The summed E-state index contributed by atoms with van der Waals surface area (Å²) in [6, 6.07) is 12.6. The molecule has 0 unspecified atom stereocenters. The zero-order valence-corrected chi connectivity index (χ0v) is 17.2. The molecular formula is C20H18F2N4O2S2. The van der Waals surface area contributed by atoms with Crippen LogP contribution in [0.2, 0.25) is 0 Å². The summed E-state index contributed by atoms with van der Waals surface area (Å²) in [6.07, 6.45) is 3.37. The lowest BCUT2D eigenvalue weighted by Crippen LogP contribution is -2.28. The minimum absolute atomic E-state index is 0.00577. The number of hydrogen-bond donors (Lipinski definition) is 3. The molecule has 0 spiro atoms. The molecule has 10 heteroatoms. The second kappa shape index (κ2) is 9.70. The molecule has 2 aromatic carbocycles. The average molecular weight is 449 g/mol. The van der Waals surface area contributed by atoms with Gasteiger partial charge in [0.25, 0.3) is 0 Å². The van der Waals surface area contributed by atoms with Crippen LogP contribution in [0.15, 0.2) is 71.9 Å². The molecule has 3 N–H and O–H groups in total. The van der Waals surface area contributed by atoms with Crippen molar-refractivity contribution in [2.75, 3.05) is 5.32 Å². The summed E-state index contributed by atoms with van der Waals surface area (Å²) in [5.74, 6) is -1.54. The highest BCUT2D eigenvalue weighted by Crippen LogP contribution is 2.15. The topological polar surface area (TPSA) is 83.1 Å². The van der Waals surface area contributed by atoms with Crippen molar-refractivity contribution in [3.63, 3.8) is 0 Å². The number of anilines is 1. The fourth-order valence-corrected chi connectivity index (χ4v) is 3.69. The first kappa shape index (κ1) is 21.8. The summed E-state index contributed by atoms with van der Waals surface area (Å²) in [5.41, 5.74) is 1.66. The van der Waals surface area contributed by atoms with Crippen LogP contribution in [0.25, 0.3) is 0 Å². The number of nitrogens with zero attached hydrogens (tertiary/aromatic N) is 1. The van der Waals surface area contributed by atoms with Crippen molar-refractivity contribution in [2.45, 2.75) is 18.0 Å². The van der Waals surface area contributed by atoms with E-state index in [0.717, 1.165) is 11.6 Å². The predicted molar refractivity (Wildman–Crippen MR) is 114 cm³/mol. The van der Waals surface area contributed by atoms with E-state index in [1.165, 1.54) is 18.2 Å². The summed E-state index contributed by atoms with van der Waals surface area (Å²) in [4.78, 5) is 3.95. The second-order valence-corrected chi connectivity index (χ2v) is 8.42. The minimum atomic E-state index is -3.87. The maximum absolute atomic E-state index is 13.7. The smallest absolute Gasteiger partial charge is 0.240 e. The molecule has 1 heterocycles. The molecule has 3 aromatic rings. The Morgan fingerprint density at radius 2 is 1.67 bits per heavy atom. The molecule has 0 saturated carbocycles. The lowest BCUT2D eigenvalue weighted by Gasteiger charge is -2.12. The van der Waals surface area contributed by atoms with Crippen LogP contribution in [0, 0.1) is 11.6 Å². The molecule has 1 aromatic heterocycles. The first-order valence-electron chi connectivity index (χ1n) is 8.81. The normalized spacial score (nSPS) is 11.1. The van der Waals surface area contributed by atoms with Crippen molar-refractivity contribution in [2.24, 2.45) is 0 Å². The molecule has 156 valence electrons. The van der Waals surface area contributed by atoms with E-state index in [1.807, 2.05) is 12.1 Å². The molecule has 0 amide bonds. The predicted octanol–water partition coefficient (Wildman–Crippen LogP) is 3.32. The van der Waals surface area contributed by atoms with E-state index < -0.39 is 21.7 Å². The number of hydrogen-bond acceptors (Lipinski definition) is 4. The number of thiocarbonyl (C=S) groups is 1. The van der Waals surface area contributed by atoms with Crippen LogP contribution >= 0.6 is 12.2 Å². The van der Waals surface area contributed by atoms with Gasteiger partial charge in [0.15, 0.2) is 5.11 Å².